The molecule has 0 aliphatic heterocycles. The molecular formula is C15H13ClO3. The normalized spacial score (nSPS) is 10.1. The number of benzene rings is 2. The van der Waals surface area contributed by atoms with Crippen LogP contribution in [0.25, 0.3) is 11.1 Å². The fraction of sp³-hybridized carbons (Fsp3) is 0.133. The SMILES string of the molecule is COc1cc(OC)cc(-c2ccc(C=O)cc2Cl)c1. The van der Waals surface area contributed by atoms with E-state index in [0.717, 1.165) is 17.4 Å². The first kappa shape index (κ1) is 13.4. The maximum absolute atomic E-state index is 10.7. The molecule has 2 aromatic rings. The first-order valence-corrected chi connectivity index (χ1v) is 6.04. The minimum Gasteiger partial charge on any atom is -0.497 e. The minimum absolute atomic E-state index is 0.514. The van der Waals surface area contributed by atoms with E-state index in [-0.39, 0.29) is 0 Å². The molecule has 0 aromatic heterocycles. The van der Waals surface area contributed by atoms with Crippen molar-refractivity contribution in [2.75, 3.05) is 14.2 Å². The third kappa shape index (κ3) is 2.88. The number of ether oxygens (including phenoxy) is 2. The van der Waals surface area contributed by atoms with Crippen LogP contribution in [-0.4, -0.2) is 20.5 Å². The van der Waals surface area contributed by atoms with Crippen LogP contribution in [0.2, 0.25) is 5.02 Å². The quantitative estimate of drug-likeness (QED) is 0.796. The summed E-state index contributed by atoms with van der Waals surface area (Å²) in [5.41, 5.74) is 2.24. The van der Waals surface area contributed by atoms with Crippen molar-refractivity contribution >= 4 is 17.9 Å². The van der Waals surface area contributed by atoms with Crippen molar-refractivity contribution in [1.29, 1.82) is 0 Å². The number of aldehydes is 1. The molecule has 3 nitrogen and oxygen atoms in total. The lowest BCUT2D eigenvalue weighted by atomic mass is 10.0. The van der Waals surface area contributed by atoms with Crippen LogP contribution in [0.15, 0.2) is 36.4 Å². The van der Waals surface area contributed by atoms with E-state index < -0.39 is 0 Å². The van der Waals surface area contributed by atoms with E-state index in [1.165, 1.54) is 0 Å². The van der Waals surface area contributed by atoms with Gasteiger partial charge in [-0.05, 0) is 23.8 Å². The van der Waals surface area contributed by atoms with Crippen molar-refractivity contribution in [2.24, 2.45) is 0 Å². The number of carbonyl (C=O) groups excluding carboxylic acids is 1. The summed E-state index contributed by atoms with van der Waals surface area (Å²) < 4.78 is 10.4. The number of halogens is 1. The summed E-state index contributed by atoms with van der Waals surface area (Å²) in [4.78, 5) is 10.7. The molecule has 0 radical (unpaired) electrons. The van der Waals surface area contributed by atoms with Crippen LogP contribution in [0.4, 0.5) is 0 Å². The molecule has 0 aliphatic carbocycles. The molecule has 0 fully saturated rings. The molecule has 0 atom stereocenters. The fourth-order valence-corrected chi connectivity index (χ4v) is 2.10. The molecule has 98 valence electrons. The Kier molecular flexibility index (Phi) is 4.07. The lowest BCUT2D eigenvalue weighted by Crippen LogP contribution is -1.90. The molecule has 2 rings (SSSR count). The van der Waals surface area contributed by atoms with Crippen molar-refractivity contribution in [3.63, 3.8) is 0 Å². The van der Waals surface area contributed by atoms with Gasteiger partial charge in [0.25, 0.3) is 0 Å². The molecule has 0 spiro atoms. The third-order valence-corrected chi connectivity index (χ3v) is 3.10. The zero-order valence-electron chi connectivity index (χ0n) is 10.6. The number of carbonyl (C=O) groups is 1. The Labute approximate surface area is 116 Å². The van der Waals surface area contributed by atoms with Crippen LogP contribution in [-0.2, 0) is 0 Å². The fourth-order valence-electron chi connectivity index (χ4n) is 1.80. The second-order valence-electron chi connectivity index (χ2n) is 3.96. The maximum Gasteiger partial charge on any atom is 0.150 e. The molecule has 4 heteroatoms. The van der Waals surface area contributed by atoms with Gasteiger partial charge in [0, 0.05) is 22.2 Å². The monoisotopic (exact) mass is 276 g/mol. The van der Waals surface area contributed by atoms with Crippen molar-refractivity contribution in [1.82, 2.24) is 0 Å². The summed E-state index contributed by atoms with van der Waals surface area (Å²) >= 11 is 6.19. The predicted octanol–water partition coefficient (Wildman–Crippen LogP) is 3.84. The lowest BCUT2D eigenvalue weighted by molar-refractivity contribution is 0.112. The molecule has 0 unspecified atom stereocenters. The summed E-state index contributed by atoms with van der Waals surface area (Å²) in [5, 5.41) is 0.514. The summed E-state index contributed by atoms with van der Waals surface area (Å²) in [7, 11) is 3.19. The van der Waals surface area contributed by atoms with E-state index in [1.807, 2.05) is 12.1 Å². The summed E-state index contributed by atoms with van der Waals surface area (Å²) in [6, 6.07) is 10.7. The average molecular weight is 277 g/mol. The Hall–Kier alpha value is -2.00. The number of rotatable bonds is 4. The van der Waals surface area contributed by atoms with Gasteiger partial charge in [0.05, 0.1) is 14.2 Å². The summed E-state index contributed by atoms with van der Waals surface area (Å²) in [6.07, 6.45) is 0.766. The Morgan fingerprint density at radius 1 is 1.00 bits per heavy atom. The second-order valence-corrected chi connectivity index (χ2v) is 4.37. The van der Waals surface area contributed by atoms with Gasteiger partial charge in [-0.1, -0.05) is 23.7 Å². The third-order valence-electron chi connectivity index (χ3n) is 2.79. The maximum atomic E-state index is 10.7. The average Bonchev–Trinajstić information content (AvgIpc) is 2.46. The molecule has 0 saturated heterocycles. The minimum atomic E-state index is 0.514. The van der Waals surface area contributed by atoms with Crippen molar-refractivity contribution in [2.45, 2.75) is 0 Å². The van der Waals surface area contributed by atoms with Crippen LogP contribution in [0.1, 0.15) is 10.4 Å². The predicted molar refractivity (Wildman–Crippen MR) is 75.4 cm³/mol. The lowest BCUT2D eigenvalue weighted by Gasteiger charge is -2.10. The molecule has 0 N–H and O–H groups in total. The Morgan fingerprint density at radius 2 is 1.63 bits per heavy atom. The molecule has 0 amide bonds. The smallest absolute Gasteiger partial charge is 0.150 e. The zero-order chi connectivity index (χ0) is 13.8. The van der Waals surface area contributed by atoms with Gasteiger partial charge >= 0.3 is 0 Å². The molecule has 19 heavy (non-hydrogen) atoms. The number of hydrogen-bond acceptors (Lipinski definition) is 3. The van der Waals surface area contributed by atoms with E-state index in [4.69, 9.17) is 21.1 Å². The van der Waals surface area contributed by atoms with Gasteiger partial charge < -0.3 is 9.47 Å². The Morgan fingerprint density at radius 3 is 2.11 bits per heavy atom. The van der Waals surface area contributed by atoms with Crippen LogP contribution in [0.5, 0.6) is 11.5 Å². The highest BCUT2D eigenvalue weighted by atomic mass is 35.5. The highest BCUT2D eigenvalue weighted by Crippen LogP contribution is 2.34. The van der Waals surface area contributed by atoms with Gasteiger partial charge in [0.15, 0.2) is 0 Å². The van der Waals surface area contributed by atoms with Crippen molar-refractivity contribution in [3.8, 4) is 22.6 Å². The number of methoxy groups -OCH3 is 2. The molecule has 0 bridgehead atoms. The van der Waals surface area contributed by atoms with E-state index in [2.05, 4.69) is 0 Å². The first-order valence-electron chi connectivity index (χ1n) is 5.66. The van der Waals surface area contributed by atoms with Crippen LogP contribution in [0, 0.1) is 0 Å². The van der Waals surface area contributed by atoms with E-state index in [0.29, 0.717) is 22.1 Å². The Balaban J connectivity index is 2.54. The van der Waals surface area contributed by atoms with E-state index >= 15 is 0 Å². The molecule has 0 saturated carbocycles. The van der Waals surface area contributed by atoms with E-state index in [1.54, 1.807) is 38.5 Å². The topological polar surface area (TPSA) is 35.5 Å². The molecule has 0 heterocycles. The highest BCUT2D eigenvalue weighted by Gasteiger charge is 2.08. The standard InChI is InChI=1S/C15H13ClO3/c1-18-12-6-11(7-13(8-12)19-2)14-4-3-10(9-17)5-15(14)16/h3-9H,1-2H3. The highest BCUT2D eigenvalue weighted by molar-refractivity contribution is 6.33. The van der Waals surface area contributed by atoms with Gasteiger partial charge in [0.1, 0.15) is 17.8 Å². The summed E-state index contributed by atoms with van der Waals surface area (Å²) in [6.45, 7) is 0. The van der Waals surface area contributed by atoms with Gasteiger partial charge in [-0.3, -0.25) is 4.79 Å². The number of hydrogen-bond donors (Lipinski definition) is 0. The molecule has 2 aromatic carbocycles. The first-order chi connectivity index (χ1) is 9.17. The molecular weight excluding hydrogens is 264 g/mol. The largest absolute Gasteiger partial charge is 0.497 e. The second kappa shape index (κ2) is 5.76. The van der Waals surface area contributed by atoms with Crippen molar-refractivity contribution in [3.05, 3.63) is 47.0 Å². The van der Waals surface area contributed by atoms with Gasteiger partial charge in [0.2, 0.25) is 0 Å². The van der Waals surface area contributed by atoms with Gasteiger partial charge in [-0.15, -0.1) is 0 Å². The Bertz CT molecular complexity index is 586. The summed E-state index contributed by atoms with van der Waals surface area (Å²) in [5.74, 6) is 1.37. The van der Waals surface area contributed by atoms with Gasteiger partial charge in [-0.2, -0.15) is 0 Å². The van der Waals surface area contributed by atoms with Crippen LogP contribution in [0.3, 0.4) is 0 Å². The van der Waals surface area contributed by atoms with Crippen LogP contribution >= 0.6 is 11.6 Å². The van der Waals surface area contributed by atoms with Gasteiger partial charge in [-0.25, -0.2) is 0 Å². The van der Waals surface area contributed by atoms with Crippen LogP contribution < -0.4 is 9.47 Å². The van der Waals surface area contributed by atoms with E-state index in [9.17, 15) is 4.79 Å². The zero-order valence-corrected chi connectivity index (χ0v) is 11.4. The molecule has 0 aliphatic rings. The van der Waals surface area contributed by atoms with Crippen molar-refractivity contribution < 1.29 is 14.3 Å².